The Morgan fingerprint density at radius 1 is 1.29 bits per heavy atom. The topological polar surface area (TPSA) is 54.0 Å². The number of hydrogen-bond acceptors (Lipinski definition) is 3. The Hall–Kier alpha value is -1.42. The van der Waals surface area contributed by atoms with Gasteiger partial charge in [0.1, 0.15) is 0 Å². The van der Waals surface area contributed by atoms with Crippen molar-refractivity contribution in [2.45, 2.75) is 39.3 Å². The van der Waals surface area contributed by atoms with Crippen molar-refractivity contribution in [3.8, 4) is 0 Å². The molecule has 17 heavy (non-hydrogen) atoms. The van der Waals surface area contributed by atoms with Gasteiger partial charge in [0.2, 0.25) is 5.91 Å². The fourth-order valence-corrected chi connectivity index (χ4v) is 1.57. The molecular weight excluding hydrogens is 214 g/mol. The average molecular weight is 235 g/mol. The summed E-state index contributed by atoms with van der Waals surface area (Å²) >= 11 is 0. The normalized spacial score (nSPS) is 12.5. The van der Waals surface area contributed by atoms with E-state index in [9.17, 15) is 4.79 Å². The lowest BCUT2D eigenvalue weighted by Crippen LogP contribution is -2.33. The van der Waals surface area contributed by atoms with E-state index in [0.717, 1.165) is 0 Å². The standard InChI is InChI=1S/C13H21N3O/c1-10(2)16-13(17)6-9-15-11(3)12-4-7-14-8-5-12/h4-5,7-8,10-11,15H,6,9H2,1-3H3,(H,16,17)/t11-/m0/s1. The summed E-state index contributed by atoms with van der Waals surface area (Å²) in [5.41, 5.74) is 1.18. The maximum atomic E-state index is 11.4. The van der Waals surface area contributed by atoms with Gasteiger partial charge in [0.05, 0.1) is 0 Å². The van der Waals surface area contributed by atoms with Crippen LogP contribution < -0.4 is 10.6 Å². The molecule has 2 N–H and O–H groups in total. The average Bonchev–Trinajstić information content (AvgIpc) is 2.29. The van der Waals surface area contributed by atoms with Crippen LogP contribution in [0.5, 0.6) is 0 Å². The zero-order valence-corrected chi connectivity index (χ0v) is 10.7. The summed E-state index contributed by atoms with van der Waals surface area (Å²) in [5.74, 6) is 0.0921. The number of rotatable bonds is 6. The molecule has 0 spiro atoms. The molecule has 94 valence electrons. The van der Waals surface area contributed by atoms with Gasteiger partial charge in [0.25, 0.3) is 0 Å². The van der Waals surface area contributed by atoms with Crippen molar-refractivity contribution < 1.29 is 4.79 Å². The van der Waals surface area contributed by atoms with Crippen LogP contribution in [0.3, 0.4) is 0 Å². The number of nitrogens with zero attached hydrogens (tertiary/aromatic N) is 1. The van der Waals surface area contributed by atoms with E-state index < -0.39 is 0 Å². The van der Waals surface area contributed by atoms with Gasteiger partial charge in [0.15, 0.2) is 0 Å². The summed E-state index contributed by atoms with van der Waals surface area (Å²) in [4.78, 5) is 15.4. The maximum Gasteiger partial charge on any atom is 0.221 e. The van der Waals surface area contributed by atoms with Crippen molar-refractivity contribution in [1.82, 2.24) is 15.6 Å². The fourth-order valence-electron chi connectivity index (χ4n) is 1.57. The molecule has 0 unspecified atom stereocenters. The zero-order valence-electron chi connectivity index (χ0n) is 10.7. The van der Waals surface area contributed by atoms with Crippen LogP contribution >= 0.6 is 0 Å². The van der Waals surface area contributed by atoms with Gasteiger partial charge >= 0.3 is 0 Å². The fraction of sp³-hybridized carbons (Fsp3) is 0.538. The second-order valence-corrected chi connectivity index (χ2v) is 4.43. The molecule has 1 aromatic heterocycles. The lowest BCUT2D eigenvalue weighted by molar-refractivity contribution is -0.121. The van der Waals surface area contributed by atoms with E-state index in [4.69, 9.17) is 0 Å². The van der Waals surface area contributed by atoms with Gasteiger partial charge < -0.3 is 10.6 Å². The molecule has 0 saturated heterocycles. The van der Waals surface area contributed by atoms with Crippen molar-refractivity contribution in [1.29, 1.82) is 0 Å². The molecule has 0 fully saturated rings. The lowest BCUT2D eigenvalue weighted by atomic mass is 10.1. The minimum absolute atomic E-state index is 0.0921. The third-order valence-corrected chi connectivity index (χ3v) is 2.46. The van der Waals surface area contributed by atoms with Gasteiger partial charge in [-0.2, -0.15) is 0 Å². The van der Waals surface area contributed by atoms with Crippen molar-refractivity contribution in [2.75, 3.05) is 6.54 Å². The highest BCUT2D eigenvalue weighted by atomic mass is 16.1. The van der Waals surface area contributed by atoms with Crippen LogP contribution in [0.4, 0.5) is 0 Å². The Morgan fingerprint density at radius 2 is 1.94 bits per heavy atom. The Balaban J connectivity index is 2.25. The molecule has 1 rings (SSSR count). The minimum atomic E-state index is 0.0921. The van der Waals surface area contributed by atoms with E-state index in [1.807, 2.05) is 26.0 Å². The largest absolute Gasteiger partial charge is 0.354 e. The quantitative estimate of drug-likeness (QED) is 0.788. The maximum absolute atomic E-state index is 11.4. The molecular formula is C13H21N3O. The third-order valence-electron chi connectivity index (χ3n) is 2.46. The second-order valence-electron chi connectivity index (χ2n) is 4.43. The number of pyridine rings is 1. The number of carbonyl (C=O) groups excluding carboxylic acids is 1. The Morgan fingerprint density at radius 3 is 2.53 bits per heavy atom. The zero-order chi connectivity index (χ0) is 12.7. The highest BCUT2D eigenvalue weighted by Crippen LogP contribution is 2.09. The second kappa shape index (κ2) is 7.01. The predicted octanol–water partition coefficient (Wildman–Crippen LogP) is 1.65. The van der Waals surface area contributed by atoms with Gasteiger partial charge in [-0.15, -0.1) is 0 Å². The number of aromatic nitrogens is 1. The summed E-state index contributed by atoms with van der Waals surface area (Å²) in [6.07, 6.45) is 4.06. The number of nitrogens with one attached hydrogen (secondary N) is 2. The molecule has 0 saturated carbocycles. The molecule has 1 amide bonds. The molecule has 4 heteroatoms. The number of hydrogen-bond donors (Lipinski definition) is 2. The third kappa shape index (κ3) is 5.45. The molecule has 1 heterocycles. The number of amides is 1. The molecule has 0 bridgehead atoms. The van der Waals surface area contributed by atoms with Crippen molar-refractivity contribution in [2.24, 2.45) is 0 Å². The minimum Gasteiger partial charge on any atom is -0.354 e. The monoisotopic (exact) mass is 235 g/mol. The Labute approximate surface area is 103 Å². The van der Waals surface area contributed by atoms with E-state index in [1.165, 1.54) is 5.56 Å². The van der Waals surface area contributed by atoms with E-state index in [-0.39, 0.29) is 18.0 Å². The predicted molar refractivity (Wildman–Crippen MR) is 68.6 cm³/mol. The molecule has 0 aliphatic heterocycles. The molecule has 0 aliphatic carbocycles. The van der Waals surface area contributed by atoms with Gasteiger partial charge in [-0.25, -0.2) is 0 Å². The first kappa shape index (κ1) is 13.6. The van der Waals surface area contributed by atoms with Gasteiger partial charge in [-0.05, 0) is 38.5 Å². The van der Waals surface area contributed by atoms with Crippen molar-refractivity contribution >= 4 is 5.91 Å². The highest BCUT2D eigenvalue weighted by molar-refractivity contribution is 5.76. The van der Waals surface area contributed by atoms with Gasteiger partial charge in [-0.1, -0.05) is 0 Å². The number of carbonyl (C=O) groups is 1. The van der Waals surface area contributed by atoms with E-state index in [1.54, 1.807) is 12.4 Å². The Bertz CT molecular complexity index is 338. The van der Waals surface area contributed by atoms with E-state index in [2.05, 4.69) is 22.5 Å². The van der Waals surface area contributed by atoms with E-state index in [0.29, 0.717) is 13.0 Å². The lowest BCUT2D eigenvalue weighted by Gasteiger charge is -2.14. The summed E-state index contributed by atoms with van der Waals surface area (Å²) < 4.78 is 0. The first-order valence-corrected chi connectivity index (χ1v) is 6.02. The van der Waals surface area contributed by atoms with Crippen LogP contribution in [0.1, 0.15) is 38.8 Å². The molecule has 0 aromatic carbocycles. The summed E-state index contributed by atoms with van der Waals surface area (Å²) in [7, 11) is 0. The highest BCUT2D eigenvalue weighted by Gasteiger charge is 2.06. The molecule has 4 nitrogen and oxygen atoms in total. The molecule has 0 aliphatic rings. The smallest absolute Gasteiger partial charge is 0.221 e. The molecule has 1 aromatic rings. The van der Waals surface area contributed by atoms with Crippen LogP contribution in [0, 0.1) is 0 Å². The Kier molecular flexibility index (Phi) is 5.63. The summed E-state index contributed by atoms with van der Waals surface area (Å²) in [6, 6.07) is 4.41. The summed E-state index contributed by atoms with van der Waals surface area (Å²) in [6.45, 7) is 6.69. The van der Waals surface area contributed by atoms with Crippen LogP contribution in [0.25, 0.3) is 0 Å². The van der Waals surface area contributed by atoms with Crippen LogP contribution in [-0.4, -0.2) is 23.5 Å². The molecule has 1 atom stereocenters. The van der Waals surface area contributed by atoms with Crippen molar-refractivity contribution in [3.63, 3.8) is 0 Å². The van der Waals surface area contributed by atoms with Gasteiger partial charge in [-0.3, -0.25) is 9.78 Å². The van der Waals surface area contributed by atoms with Gasteiger partial charge in [0, 0.05) is 37.4 Å². The van der Waals surface area contributed by atoms with Crippen molar-refractivity contribution in [3.05, 3.63) is 30.1 Å². The van der Waals surface area contributed by atoms with Crippen LogP contribution in [-0.2, 0) is 4.79 Å². The van der Waals surface area contributed by atoms with Crippen LogP contribution in [0.15, 0.2) is 24.5 Å². The first-order chi connectivity index (χ1) is 8.09. The van der Waals surface area contributed by atoms with Crippen LogP contribution in [0.2, 0.25) is 0 Å². The first-order valence-electron chi connectivity index (χ1n) is 6.02. The summed E-state index contributed by atoms with van der Waals surface area (Å²) in [5, 5.41) is 6.18. The SMILES string of the molecule is CC(C)NC(=O)CCN[C@@H](C)c1ccncc1. The van der Waals surface area contributed by atoms with E-state index >= 15 is 0 Å². The molecule has 0 radical (unpaired) electrons.